The monoisotopic (exact) mass is 330 g/mol. The van der Waals surface area contributed by atoms with Crippen LogP contribution in [0.1, 0.15) is 18.4 Å². The summed E-state index contributed by atoms with van der Waals surface area (Å²) in [5, 5.41) is 0. The molecule has 1 N–H and O–H groups in total. The number of nitrogens with zero attached hydrogens (tertiary/aromatic N) is 1. The van der Waals surface area contributed by atoms with Crippen molar-refractivity contribution < 1.29 is 22.3 Å². The van der Waals surface area contributed by atoms with Gasteiger partial charge < -0.3 is 9.64 Å². The van der Waals surface area contributed by atoms with Crippen LogP contribution in [0.15, 0.2) is 23.1 Å². The van der Waals surface area contributed by atoms with Crippen molar-refractivity contribution in [3.05, 3.63) is 29.6 Å². The van der Waals surface area contributed by atoms with Crippen molar-refractivity contribution in [3.63, 3.8) is 0 Å². The van der Waals surface area contributed by atoms with Gasteiger partial charge in [0.15, 0.2) is 0 Å². The van der Waals surface area contributed by atoms with E-state index in [1.165, 1.54) is 24.1 Å². The first-order chi connectivity index (χ1) is 10.3. The standard InChI is InChI=1S/C14H19FN2O4S/c1-10-3-4-11(15)9-13(10)22(19,20)16-12-5-7-17(8-6-12)14(18)21-2/h3-4,9,12,16H,5-8H2,1-2H3. The number of hydrogen-bond acceptors (Lipinski definition) is 4. The van der Waals surface area contributed by atoms with Crippen LogP contribution in [0, 0.1) is 12.7 Å². The van der Waals surface area contributed by atoms with E-state index in [0.717, 1.165) is 6.07 Å². The highest BCUT2D eigenvalue weighted by Crippen LogP contribution is 2.19. The van der Waals surface area contributed by atoms with Gasteiger partial charge in [0.05, 0.1) is 12.0 Å². The van der Waals surface area contributed by atoms with Gasteiger partial charge in [0.25, 0.3) is 0 Å². The molecule has 6 nitrogen and oxygen atoms in total. The molecule has 0 radical (unpaired) electrons. The van der Waals surface area contributed by atoms with Crippen molar-refractivity contribution in [1.82, 2.24) is 9.62 Å². The van der Waals surface area contributed by atoms with Crippen molar-refractivity contribution in [1.29, 1.82) is 0 Å². The van der Waals surface area contributed by atoms with Gasteiger partial charge in [-0.1, -0.05) is 6.07 Å². The SMILES string of the molecule is COC(=O)N1CCC(NS(=O)(=O)c2cc(F)ccc2C)CC1. The lowest BCUT2D eigenvalue weighted by Gasteiger charge is -2.31. The largest absolute Gasteiger partial charge is 0.453 e. The fourth-order valence-electron chi connectivity index (χ4n) is 2.46. The molecule has 1 heterocycles. The maximum absolute atomic E-state index is 13.3. The highest BCUT2D eigenvalue weighted by Gasteiger charge is 2.27. The first-order valence-corrected chi connectivity index (χ1v) is 8.43. The number of halogens is 1. The minimum atomic E-state index is -3.78. The number of likely N-dealkylation sites (tertiary alicyclic amines) is 1. The minimum absolute atomic E-state index is 0.0529. The number of piperidine rings is 1. The van der Waals surface area contributed by atoms with Gasteiger partial charge in [0.2, 0.25) is 10.0 Å². The molecule has 0 bridgehead atoms. The molecule has 2 rings (SSSR count). The summed E-state index contributed by atoms with van der Waals surface area (Å²) in [6.45, 7) is 2.46. The van der Waals surface area contributed by atoms with Crippen molar-refractivity contribution in [2.75, 3.05) is 20.2 Å². The van der Waals surface area contributed by atoms with Gasteiger partial charge in [-0.15, -0.1) is 0 Å². The Morgan fingerprint density at radius 3 is 2.59 bits per heavy atom. The van der Waals surface area contributed by atoms with Gasteiger partial charge in [0, 0.05) is 19.1 Å². The summed E-state index contributed by atoms with van der Waals surface area (Å²) in [6, 6.07) is 3.39. The highest BCUT2D eigenvalue weighted by atomic mass is 32.2. The van der Waals surface area contributed by atoms with Crippen molar-refractivity contribution >= 4 is 16.1 Å². The first-order valence-electron chi connectivity index (χ1n) is 6.95. The Balaban J connectivity index is 2.05. The lowest BCUT2D eigenvalue weighted by molar-refractivity contribution is 0.111. The molecule has 1 aliphatic heterocycles. The Morgan fingerprint density at radius 1 is 1.36 bits per heavy atom. The molecule has 22 heavy (non-hydrogen) atoms. The molecule has 122 valence electrons. The molecule has 1 aromatic rings. The highest BCUT2D eigenvalue weighted by molar-refractivity contribution is 7.89. The van der Waals surface area contributed by atoms with Crippen LogP contribution in [-0.4, -0.2) is 45.7 Å². The maximum Gasteiger partial charge on any atom is 0.409 e. The molecule has 0 aliphatic carbocycles. The number of nitrogens with one attached hydrogen (secondary N) is 1. The Kier molecular flexibility index (Phi) is 5.02. The molecule has 1 aromatic carbocycles. The molecule has 0 saturated carbocycles. The van der Waals surface area contributed by atoms with Crippen LogP contribution in [0.2, 0.25) is 0 Å². The lowest BCUT2D eigenvalue weighted by atomic mass is 10.1. The van der Waals surface area contributed by atoms with Crippen molar-refractivity contribution in [2.45, 2.75) is 30.7 Å². The van der Waals surface area contributed by atoms with E-state index in [0.29, 0.717) is 31.5 Å². The fourth-order valence-corrected chi connectivity index (χ4v) is 4.02. The molecule has 0 spiro atoms. The van der Waals surface area contributed by atoms with Gasteiger partial charge in [-0.3, -0.25) is 0 Å². The van der Waals surface area contributed by atoms with Gasteiger partial charge in [-0.05, 0) is 37.5 Å². The Labute approximate surface area is 129 Å². The van der Waals surface area contributed by atoms with Gasteiger partial charge >= 0.3 is 6.09 Å². The molecule has 1 amide bonds. The van der Waals surface area contributed by atoms with Crippen LogP contribution in [0.3, 0.4) is 0 Å². The van der Waals surface area contributed by atoms with E-state index in [9.17, 15) is 17.6 Å². The number of carbonyl (C=O) groups excluding carboxylic acids is 1. The van der Waals surface area contributed by atoms with E-state index >= 15 is 0 Å². The third-order valence-electron chi connectivity index (χ3n) is 3.69. The molecule has 1 fully saturated rings. The van der Waals surface area contributed by atoms with E-state index in [1.807, 2.05) is 0 Å². The Hall–Kier alpha value is -1.67. The molecule has 0 unspecified atom stereocenters. The summed E-state index contributed by atoms with van der Waals surface area (Å²) in [5.74, 6) is -0.591. The number of carbonyl (C=O) groups is 1. The summed E-state index contributed by atoms with van der Waals surface area (Å²) in [5.41, 5.74) is 0.487. The normalized spacial score (nSPS) is 16.6. The Bertz CT molecular complexity index is 655. The zero-order valence-electron chi connectivity index (χ0n) is 12.5. The molecule has 1 aliphatic rings. The second-order valence-corrected chi connectivity index (χ2v) is 6.94. The van der Waals surface area contributed by atoms with Crippen molar-refractivity contribution in [2.24, 2.45) is 0 Å². The number of amides is 1. The second-order valence-electron chi connectivity index (χ2n) is 5.26. The summed E-state index contributed by atoms with van der Waals surface area (Å²) >= 11 is 0. The third-order valence-corrected chi connectivity index (χ3v) is 5.35. The van der Waals surface area contributed by atoms with E-state index in [-0.39, 0.29) is 10.9 Å². The van der Waals surface area contributed by atoms with Crippen molar-refractivity contribution in [3.8, 4) is 0 Å². The molecule has 0 aromatic heterocycles. The maximum atomic E-state index is 13.3. The number of sulfonamides is 1. The predicted molar refractivity (Wildman–Crippen MR) is 78.5 cm³/mol. The lowest BCUT2D eigenvalue weighted by Crippen LogP contribution is -2.46. The van der Waals surface area contributed by atoms with Gasteiger partial charge in [-0.2, -0.15) is 0 Å². The summed E-state index contributed by atoms with van der Waals surface area (Å²) in [4.78, 5) is 12.9. The molecule has 8 heteroatoms. The van der Waals surface area contributed by atoms with Gasteiger partial charge in [0.1, 0.15) is 5.82 Å². The van der Waals surface area contributed by atoms with Crippen LogP contribution >= 0.6 is 0 Å². The number of benzene rings is 1. The van der Waals surface area contributed by atoms with Crippen LogP contribution < -0.4 is 4.72 Å². The number of methoxy groups -OCH3 is 1. The first kappa shape index (κ1) is 16.7. The molecule has 0 atom stereocenters. The Morgan fingerprint density at radius 2 is 2.00 bits per heavy atom. The van der Waals surface area contributed by atoms with E-state index in [4.69, 9.17) is 0 Å². The van der Waals surface area contributed by atoms with Crippen LogP contribution in [0.25, 0.3) is 0 Å². The molecular formula is C14H19FN2O4S. The predicted octanol–water partition coefficient (Wildman–Crippen LogP) is 1.64. The smallest absolute Gasteiger partial charge is 0.409 e. The van der Waals surface area contributed by atoms with Gasteiger partial charge in [-0.25, -0.2) is 22.3 Å². The van der Waals surface area contributed by atoms with E-state index < -0.39 is 21.9 Å². The van der Waals surface area contributed by atoms with Crippen LogP contribution in [0.5, 0.6) is 0 Å². The number of rotatable bonds is 3. The van der Waals surface area contributed by atoms with Crippen LogP contribution in [-0.2, 0) is 14.8 Å². The third kappa shape index (κ3) is 3.75. The molecule has 1 saturated heterocycles. The summed E-state index contributed by atoms with van der Waals surface area (Å²) in [7, 11) is -2.47. The quantitative estimate of drug-likeness (QED) is 0.914. The fraction of sp³-hybridized carbons (Fsp3) is 0.500. The van der Waals surface area contributed by atoms with Crippen LogP contribution in [0.4, 0.5) is 9.18 Å². The zero-order chi connectivity index (χ0) is 16.3. The molecular weight excluding hydrogens is 311 g/mol. The summed E-state index contributed by atoms with van der Waals surface area (Å²) in [6.07, 6.45) is 0.563. The number of hydrogen-bond donors (Lipinski definition) is 1. The zero-order valence-corrected chi connectivity index (χ0v) is 13.3. The minimum Gasteiger partial charge on any atom is -0.453 e. The van der Waals surface area contributed by atoms with E-state index in [1.54, 1.807) is 6.92 Å². The van der Waals surface area contributed by atoms with E-state index in [2.05, 4.69) is 9.46 Å². The number of ether oxygens (including phenoxy) is 1. The average Bonchev–Trinajstić information content (AvgIpc) is 2.49. The average molecular weight is 330 g/mol. The topological polar surface area (TPSA) is 75.7 Å². The number of aryl methyl sites for hydroxylation is 1. The summed E-state index contributed by atoms with van der Waals surface area (Å²) < 4.78 is 45.2. The second kappa shape index (κ2) is 6.62.